The number of nitrogens with one attached hydrogen (secondary N) is 1. The van der Waals surface area contributed by atoms with Gasteiger partial charge in [0.05, 0.1) is 17.6 Å². The van der Waals surface area contributed by atoms with Crippen molar-refractivity contribution in [1.29, 1.82) is 0 Å². The molecule has 0 saturated carbocycles. The third kappa shape index (κ3) is 4.32. The number of hydrogen-bond donors (Lipinski definition) is 1. The molecule has 6 heteroatoms. The Bertz CT molecular complexity index is 520. The number of aryl methyl sites for hydroxylation is 1. The fourth-order valence-electron chi connectivity index (χ4n) is 1.78. The highest BCUT2D eigenvalue weighted by atomic mass is 35.5. The third-order valence-corrected chi connectivity index (χ3v) is 3.17. The smallest absolute Gasteiger partial charge is 0.0758 e. The average Bonchev–Trinajstić information content (AvgIpc) is 2.68. The van der Waals surface area contributed by atoms with Gasteiger partial charge in [-0.15, -0.1) is 24.8 Å². The first-order valence-electron chi connectivity index (χ1n) is 6.06. The maximum Gasteiger partial charge on any atom is 0.0758 e. The minimum absolute atomic E-state index is 0. The van der Waals surface area contributed by atoms with Crippen LogP contribution in [-0.2, 0) is 13.6 Å². The van der Waals surface area contributed by atoms with Crippen LogP contribution < -0.4 is 10.2 Å². The number of aromatic nitrogens is 2. The van der Waals surface area contributed by atoms with Crippen LogP contribution in [0.1, 0.15) is 11.3 Å². The fourth-order valence-corrected chi connectivity index (χ4v) is 1.78. The Kier molecular flexibility index (Phi) is 7.46. The van der Waals surface area contributed by atoms with E-state index in [0.29, 0.717) is 0 Å². The van der Waals surface area contributed by atoms with E-state index >= 15 is 0 Å². The summed E-state index contributed by atoms with van der Waals surface area (Å²) in [5.74, 6) is 0. The molecule has 4 nitrogen and oxygen atoms in total. The number of nitrogens with zero attached hydrogens (tertiary/aromatic N) is 3. The van der Waals surface area contributed by atoms with E-state index < -0.39 is 0 Å². The molecule has 0 fully saturated rings. The van der Waals surface area contributed by atoms with Gasteiger partial charge in [-0.25, -0.2) is 0 Å². The van der Waals surface area contributed by atoms with E-state index in [0.717, 1.165) is 17.9 Å². The lowest BCUT2D eigenvalue weighted by Crippen LogP contribution is -2.08. The van der Waals surface area contributed by atoms with Crippen LogP contribution in [0, 0.1) is 6.92 Å². The molecule has 0 atom stereocenters. The molecule has 20 heavy (non-hydrogen) atoms. The largest absolute Gasteiger partial charge is 0.378 e. The molecule has 0 amide bonds. The van der Waals surface area contributed by atoms with Crippen LogP contribution in [0.25, 0.3) is 0 Å². The van der Waals surface area contributed by atoms with Gasteiger partial charge in [0.15, 0.2) is 0 Å². The van der Waals surface area contributed by atoms with Crippen LogP contribution in [0.3, 0.4) is 0 Å². The van der Waals surface area contributed by atoms with E-state index in [1.807, 2.05) is 32.0 Å². The number of halogens is 2. The van der Waals surface area contributed by atoms with Crippen molar-refractivity contribution in [2.24, 2.45) is 7.05 Å². The molecule has 0 bridgehead atoms. The zero-order valence-electron chi connectivity index (χ0n) is 12.3. The van der Waals surface area contributed by atoms with Gasteiger partial charge in [0.2, 0.25) is 0 Å². The molecule has 1 N–H and O–H groups in total. The highest BCUT2D eigenvalue weighted by Gasteiger charge is 2.02. The number of benzene rings is 1. The monoisotopic (exact) mass is 316 g/mol. The minimum Gasteiger partial charge on any atom is -0.378 e. The first-order valence-corrected chi connectivity index (χ1v) is 6.06. The summed E-state index contributed by atoms with van der Waals surface area (Å²) in [6, 6.07) is 8.56. The summed E-state index contributed by atoms with van der Waals surface area (Å²) in [6.07, 6.45) is 1.86. The molecule has 0 aliphatic heterocycles. The van der Waals surface area contributed by atoms with Crippen LogP contribution in [0.15, 0.2) is 30.5 Å². The molecule has 0 radical (unpaired) electrons. The van der Waals surface area contributed by atoms with Crippen molar-refractivity contribution in [1.82, 2.24) is 9.78 Å². The molecule has 2 rings (SSSR count). The van der Waals surface area contributed by atoms with Gasteiger partial charge in [0.1, 0.15) is 0 Å². The molecule has 1 aromatic heterocycles. The minimum atomic E-state index is 0. The highest BCUT2D eigenvalue weighted by molar-refractivity contribution is 5.85. The Morgan fingerprint density at radius 2 is 1.75 bits per heavy atom. The summed E-state index contributed by atoms with van der Waals surface area (Å²) in [4.78, 5) is 2.10. The van der Waals surface area contributed by atoms with E-state index in [2.05, 4.69) is 46.5 Å². The van der Waals surface area contributed by atoms with Gasteiger partial charge in [-0.2, -0.15) is 5.10 Å². The summed E-state index contributed by atoms with van der Waals surface area (Å²) in [7, 11) is 6.05. The van der Waals surface area contributed by atoms with Gasteiger partial charge >= 0.3 is 0 Å². The summed E-state index contributed by atoms with van der Waals surface area (Å²) < 4.78 is 1.87. The van der Waals surface area contributed by atoms with Crippen LogP contribution in [0.2, 0.25) is 0 Å². The Hall–Kier alpha value is -1.39. The molecule has 0 aliphatic rings. The predicted octanol–water partition coefficient (Wildman–Crippen LogP) is 3.25. The molecule has 0 spiro atoms. The second-order valence-corrected chi connectivity index (χ2v) is 4.68. The van der Waals surface area contributed by atoms with Crippen LogP contribution in [0.5, 0.6) is 0 Å². The van der Waals surface area contributed by atoms with E-state index in [-0.39, 0.29) is 24.8 Å². The zero-order chi connectivity index (χ0) is 13.1. The second kappa shape index (κ2) is 8.02. The van der Waals surface area contributed by atoms with Crippen molar-refractivity contribution in [3.63, 3.8) is 0 Å². The lowest BCUT2D eigenvalue weighted by molar-refractivity contribution is 0.740. The topological polar surface area (TPSA) is 33.1 Å². The summed E-state index contributed by atoms with van der Waals surface area (Å²) >= 11 is 0. The van der Waals surface area contributed by atoms with Crippen LogP contribution in [-0.4, -0.2) is 23.9 Å². The fraction of sp³-hybridized carbons (Fsp3) is 0.357. The Morgan fingerprint density at radius 3 is 2.20 bits per heavy atom. The first-order chi connectivity index (χ1) is 8.58. The highest BCUT2D eigenvalue weighted by Crippen LogP contribution is 2.16. The molecule has 0 unspecified atom stereocenters. The Balaban J connectivity index is 0.00000180. The van der Waals surface area contributed by atoms with E-state index in [1.165, 1.54) is 11.3 Å². The van der Waals surface area contributed by atoms with Crippen LogP contribution >= 0.6 is 24.8 Å². The zero-order valence-corrected chi connectivity index (χ0v) is 13.9. The van der Waals surface area contributed by atoms with E-state index in [4.69, 9.17) is 0 Å². The Morgan fingerprint density at radius 1 is 1.15 bits per heavy atom. The van der Waals surface area contributed by atoms with Crippen molar-refractivity contribution >= 4 is 36.2 Å². The van der Waals surface area contributed by atoms with Crippen molar-refractivity contribution in [3.8, 4) is 0 Å². The van der Waals surface area contributed by atoms with Crippen molar-refractivity contribution in [2.75, 3.05) is 24.3 Å². The predicted molar refractivity (Wildman–Crippen MR) is 90.5 cm³/mol. The van der Waals surface area contributed by atoms with E-state index in [9.17, 15) is 0 Å². The lowest BCUT2D eigenvalue weighted by atomic mass is 10.2. The van der Waals surface area contributed by atoms with Gasteiger partial charge in [0.25, 0.3) is 0 Å². The molecule has 1 heterocycles. The molecule has 1 aromatic carbocycles. The van der Waals surface area contributed by atoms with Gasteiger partial charge in [-0.1, -0.05) is 12.1 Å². The number of rotatable bonds is 4. The quantitative estimate of drug-likeness (QED) is 0.940. The molecular formula is C14H22Cl2N4. The van der Waals surface area contributed by atoms with Crippen LogP contribution in [0.4, 0.5) is 11.4 Å². The molecule has 112 valence electrons. The summed E-state index contributed by atoms with van der Waals surface area (Å²) in [5.41, 5.74) is 4.73. The van der Waals surface area contributed by atoms with Crippen molar-refractivity contribution in [2.45, 2.75) is 13.5 Å². The Labute approximate surface area is 133 Å². The molecular weight excluding hydrogens is 295 g/mol. The normalized spacial score (nSPS) is 9.40. The standard InChI is InChI=1S/C14H20N4.2ClH/c1-11-14(10-16-18(11)4)15-9-12-5-7-13(8-6-12)17(2)3;;/h5-8,10,15H,9H2,1-4H3;2*1H. The number of hydrogen-bond acceptors (Lipinski definition) is 3. The second-order valence-electron chi connectivity index (χ2n) is 4.68. The maximum atomic E-state index is 4.21. The van der Waals surface area contributed by atoms with Crippen molar-refractivity contribution < 1.29 is 0 Å². The molecule has 2 aromatic rings. The van der Waals surface area contributed by atoms with Gasteiger partial charge in [-0.05, 0) is 24.6 Å². The van der Waals surface area contributed by atoms with E-state index in [1.54, 1.807) is 0 Å². The number of anilines is 2. The molecule has 0 aliphatic carbocycles. The average molecular weight is 317 g/mol. The third-order valence-electron chi connectivity index (χ3n) is 3.17. The van der Waals surface area contributed by atoms with Crippen molar-refractivity contribution in [3.05, 3.63) is 41.7 Å². The maximum absolute atomic E-state index is 4.21. The SMILES string of the molecule is Cc1c(NCc2ccc(N(C)C)cc2)cnn1C.Cl.Cl. The summed E-state index contributed by atoms with van der Waals surface area (Å²) in [5, 5.41) is 7.62. The first kappa shape index (κ1) is 18.6. The van der Waals surface area contributed by atoms with Gasteiger partial charge in [0, 0.05) is 33.4 Å². The lowest BCUT2D eigenvalue weighted by Gasteiger charge is -2.13. The van der Waals surface area contributed by atoms with Gasteiger partial charge in [-0.3, -0.25) is 4.68 Å². The van der Waals surface area contributed by atoms with Gasteiger partial charge < -0.3 is 10.2 Å². The molecule has 0 saturated heterocycles. The summed E-state index contributed by atoms with van der Waals surface area (Å²) in [6.45, 7) is 2.88.